The minimum Gasteiger partial charge on any atom is -0.481 e. The predicted octanol–water partition coefficient (Wildman–Crippen LogP) is 3.34. The van der Waals surface area contributed by atoms with Gasteiger partial charge >= 0.3 is 5.97 Å². The largest absolute Gasteiger partial charge is 0.481 e. The van der Waals surface area contributed by atoms with Crippen molar-refractivity contribution in [2.75, 3.05) is 4.90 Å². The molecule has 4 rings (SSSR count). The fourth-order valence-corrected chi connectivity index (χ4v) is 3.85. The Kier molecular flexibility index (Phi) is 4.23. The van der Waals surface area contributed by atoms with Crippen molar-refractivity contribution in [3.63, 3.8) is 0 Å². The number of carboxylic acids is 1. The Morgan fingerprint density at radius 3 is 2.89 bits per heavy atom. The van der Waals surface area contributed by atoms with Crippen LogP contribution in [0, 0.1) is 11.6 Å². The van der Waals surface area contributed by atoms with Gasteiger partial charge in [0, 0.05) is 6.07 Å². The summed E-state index contributed by atoms with van der Waals surface area (Å²) in [7, 11) is 0. The molecular formula is C18H12F2N2O4S. The van der Waals surface area contributed by atoms with E-state index in [1.54, 1.807) is 6.07 Å². The molecule has 1 aliphatic rings. The third kappa shape index (κ3) is 3.21. The Balaban J connectivity index is 1.73. The van der Waals surface area contributed by atoms with Crippen LogP contribution in [0.15, 0.2) is 36.4 Å². The molecule has 1 atom stereocenters. The fourth-order valence-electron chi connectivity index (χ4n) is 2.91. The zero-order valence-corrected chi connectivity index (χ0v) is 14.5. The van der Waals surface area contributed by atoms with Crippen molar-refractivity contribution in [3.8, 4) is 5.75 Å². The zero-order chi connectivity index (χ0) is 19.1. The Morgan fingerprint density at radius 1 is 1.30 bits per heavy atom. The number of aromatic nitrogens is 1. The molecule has 1 unspecified atom stereocenters. The van der Waals surface area contributed by atoms with E-state index in [0.29, 0.717) is 10.5 Å². The molecule has 0 aliphatic carbocycles. The molecule has 2 heterocycles. The van der Waals surface area contributed by atoms with Gasteiger partial charge in [-0.15, -0.1) is 11.3 Å². The second-order valence-electron chi connectivity index (χ2n) is 5.94. The molecule has 0 fully saturated rings. The summed E-state index contributed by atoms with van der Waals surface area (Å²) in [5, 5.41) is 9.52. The fraction of sp³-hybridized carbons (Fsp3) is 0.167. The first-order valence-corrected chi connectivity index (χ1v) is 8.77. The van der Waals surface area contributed by atoms with Gasteiger partial charge in [0.2, 0.25) is 0 Å². The number of fused-ring (bicyclic) bond motifs is 2. The Morgan fingerprint density at radius 2 is 2.11 bits per heavy atom. The summed E-state index contributed by atoms with van der Waals surface area (Å²) in [6.07, 6.45) is -1.92. The quantitative estimate of drug-likeness (QED) is 0.739. The van der Waals surface area contributed by atoms with E-state index in [1.807, 2.05) is 0 Å². The third-order valence-electron chi connectivity index (χ3n) is 4.09. The van der Waals surface area contributed by atoms with Crippen molar-refractivity contribution >= 4 is 39.1 Å². The molecule has 1 aliphatic heterocycles. The highest BCUT2D eigenvalue weighted by Crippen LogP contribution is 2.38. The van der Waals surface area contributed by atoms with Crippen LogP contribution >= 0.6 is 11.3 Å². The number of hydrogen-bond donors (Lipinski definition) is 1. The number of carboxylic acid groups (broad SMARTS) is 1. The molecule has 1 amide bonds. The van der Waals surface area contributed by atoms with Crippen molar-refractivity contribution in [2.24, 2.45) is 0 Å². The van der Waals surface area contributed by atoms with E-state index in [2.05, 4.69) is 4.98 Å². The number of rotatable bonds is 4. The van der Waals surface area contributed by atoms with Gasteiger partial charge < -0.3 is 9.84 Å². The normalized spacial score (nSPS) is 16.3. The molecule has 27 heavy (non-hydrogen) atoms. The number of thiazole rings is 1. The summed E-state index contributed by atoms with van der Waals surface area (Å²) in [6, 6.07) is 8.32. The Labute approximate surface area is 155 Å². The number of nitrogens with zero attached hydrogens (tertiary/aromatic N) is 2. The lowest BCUT2D eigenvalue weighted by Gasteiger charge is -2.33. The second-order valence-corrected chi connectivity index (χ2v) is 7.05. The molecule has 0 spiro atoms. The molecular weight excluding hydrogens is 378 g/mol. The van der Waals surface area contributed by atoms with Crippen LogP contribution < -0.4 is 9.64 Å². The summed E-state index contributed by atoms with van der Waals surface area (Å²) in [5.41, 5.74) is 0.657. The third-order valence-corrected chi connectivity index (χ3v) is 5.11. The zero-order valence-electron chi connectivity index (χ0n) is 13.7. The van der Waals surface area contributed by atoms with E-state index in [0.717, 1.165) is 4.70 Å². The number of anilines is 1. The SMILES string of the molecule is O=C(O)CC1Oc2c(F)cccc2N(Cc2nc3cc(F)ccc3s2)C1=O. The molecule has 3 aromatic rings. The highest BCUT2D eigenvalue weighted by Gasteiger charge is 2.37. The minimum absolute atomic E-state index is 0.00423. The number of halogens is 2. The van der Waals surface area contributed by atoms with Gasteiger partial charge in [0.1, 0.15) is 10.8 Å². The maximum atomic E-state index is 14.2. The number of carbonyl (C=O) groups is 2. The number of hydrogen-bond acceptors (Lipinski definition) is 5. The molecule has 0 saturated heterocycles. The minimum atomic E-state index is -1.33. The van der Waals surface area contributed by atoms with Gasteiger partial charge in [-0.1, -0.05) is 6.07 Å². The number of benzene rings is 2. The molecule has 1 aromatic heterocycles. The summed E-state index contributed by atoms with van der Waals surface area (Å²) in [4.78, 5) is 29.3. The van der Waals surface area contributed by atoms with Crippen LogP contribution in [0.4, 0.5) is 14.5 Å². The van der Waals surface area contributed by atoms with Crippen molar-refractivity contribution in [1.82, 2.24) is 4.98 Å². The van der Waals surface area contributed by atoms with E-state index in [1.165, 1.54) is 46.6 Å². The second kappa shape index (κ2) is 6.58. The van der Waals surface area contributed by atoms with Crippen LogP contribution in [-0.2, 0) is 16.1 Å². The number of amides is 1. The van der Waals surface area contributed by atoms with E-state index in [9.17, 15) is 18.4 Å². The standard InChI is InChI=1S/C18H12F2N2O4S/c19-9-4-5-14-11(6-9)21-15(27-14)8-22-12-3-1-2-10(20)17(12)26-13(18(22)25)7-16(23)24/h1-6,13H,7-8H2,(H,23,24). The molecule has 0 radical (unpaired) electrons. The maximum absolute atomic E-state index is 14.2. The van der Waals surface area contributed by atoms with E-state index < -0.39 is 36.0 Å². The number of para-hydroxylation sites is 1. The lowest BCUT2D eigenvalue weighted by Crippen LogP contribution is -2.46. The van der Waals surface area contributed by atoms with E-state index >= 15 is 0 Å². The van der Waals surface area contributed by atoms with Crippen molar-refractivity contribution in [1.29, 1.82) is 0 Å². The van der Waals surface area contributed by atoms with Crippen molar-refractivity contribution < 1.29 is 28.2 Å². The van der Waals surface area contributed by atoms with Gasteiger partial charge in [-0.25, -0.2) is 13.8 Å². The van der Waals surface area contributed by atoms with Gasteiger partial charge in [0.05, 0.1) is 28.9 Å². The van der Waals surface area contributed by atoms with E-state index in [-0.39, 0.29) is 18.0 Å². The van der Waals surface area contributed by atoms with Crippen LogP contribution in [-0.4, -0.2) is 28.1 Å². The van der Waals surface area contributed by atoms with Crippen molar-refractivity contribution in [2.45, 2.75) is 19.1 Å². The first-order chi connectivity index (χ1) is 12.9. The molecule has 6 nitrogen and oxygen atoms in total. The number of aliphatic carboxylic acids is 1. The monoisotopic (exact) mass is 390 g/mol. The number of ether oxygens (including phenoxy) is 1. The molecule has 9 heteroatoms. The average Bonchev–Trinajstić information content (AvgIpc) is 3.00. The summed E-state index contributed by atoms with van der Waals surface area (Å²) in [6.45, 7) is -0.00423. The van der Waals surface area contributed by atoms with E-state index in [4.69, 9.17) is 9.84 Å². The van der Waals surface area contributed by atoms with Crippen LogP contribution in [0.1, 0.15) is 11.4 Å². The lowest BCUT2D eigenvalue weighted by molar-refractivity contribution is -0.142. The lowest BCUT2D eigenvalue weighted by atomic mass is 10.1. The molecule has 0 bridgehead atoms. The number of carbonyl (C=O) groups excluding carboxylic acids is 1. The van der Waals surface area contributed by atoms with Gasteiger partial charge in [-0.2, -0.15) is 0 Å². The van der Waals surface area contributed by atoms with Gasteiger partial charge in [0.15, 0.2) is 17.7 Å². The Bertz CT molecular complexity index is 1070. The summed E-state index contributed by atoms with van der Waals surface area (Å²) in [5.74, 6) is -3.11. The van der Waals surface area contributed by atoms with Crippen LogP contribution in [0.2, 0.25) is 0 Å². The highest BCUT2D eigenvalue weighted by molar-refractivity contribution is 7.18. The smallest absolute Gasteiger partial charge is 0.307 e. The molecule has 0 saturated carbocycles. The average molecular weight is 390 g/mol. The van der Waals surface area contributed by atoms with Crippen LogP contribution in [0.5, 0.6) is 5.75 Å². The van der Waals surface area contributed by atoms with Gasteiger partial charge in [-0.3, -0.25) is 14.5 Å². The first kappa shape index (κ1) is 17.3. The molecule has 138 valence electrons. The van der Waals surface area contributed by atoms with Gasteiger partial charge in [-0.05, 0) is 24.3 Å². The summed E-state index contributed by atoms with van der Waals surface area (Å²) >= 11 is 1.27. The molecule has 2 aromatic carbocycles. The Hall–Kier alpha value is -3.07. The first-order valence-electron chi connectivity index (χ1n) is 7.95. The predicted molar refractivity (Wildman–Crippen MR) is 93.8 cm³/mol. The highest BCUT2D eigenvalue weighted by atomic mass is 32.1. The van der Waals surface area contributed by atoms with Crippen LogP contribution in [0.3, 0.4) is 0 Å². The maximum Gasteiger partial charge on any atom is 0.307 e. The molecule has 1 N–H and O–H groups in total. The van der Waals surface area contributed by atoms with Crippen molar-refractivity contribution in [3.05, 3.63) is 53.0 Å². The van der Waals surface area contributed by atoms with Crippen LogP contribution in [0.25, 0.3) is 10.2 Å². The topological polar surface area (TPSA) is 79.7 Å². The summed E-state index contributed by atoms with van der Waals surface area (Å²) < 4.78 is 33.6. The van der Waals surface area contributed by atoms with Gasteiger partial charge in [0.25, 0.3) is 5.91 Å².